The first-order chi connectivity index (χ1) is 9.18. The van der Waals surface area contributed by atoms with E-state index < -0.39 is 5.97 Å². The molecule has 1 rings (SSSR count). The molecular formula is C14H24N2O3. The predicted octanol–water partition coefficient (Wildman–Crippen LogP) is 2.63. The van der Waals surface area contributed by atoms with E-state index in [1.165, 1.54) is 25.7 Å². The van der Waals surface area contributed by atoms with E-state index in [1.807, 2.05) is 0 Å². The summed E-state index contributed by atoms with van der Waals surface area (Å²) >= 11 is 0. The maximum absolute atomic E-state index is 11.4. The van der Waals surface area contributed by atoms with Crippen LogP contribution in [0.5, 0.6) is 0 Å². The Labute approximate surface area is 114 Å². The van der Waals surface area contributed by atoms with Gasteiger partial charge >= 0.3 is 12.0 Å². The quantitative estimate of drug-likeness (QED) is 0.592. The number of nitrogens with one attached hydrogen (secondary N) is 2. The Morgan fingerprint density at radius 1 is 1.16 bits per heavy atom. The van der Waals surface area contributed by atoms with Crippen LogP contribution in [0.1, 0.15) is 51.4 Å². The van der Waals surface area contributed by atoms with Crippen molar-refractivity contribution in [3.8, 4) is 0 Å². The number of carbonyl (C=O) groups excluding carboxylic acids is 1. The van der Waals surface area contributed by atoms with Crippen LogP contribution in [-0.2, 0) is 4.79 Å². The summed E-state index contributed by atoms with van der Waals surface area (Å²) in [6.45, 7) is 0.586. The van der Waals surface area contributed by atoms with Crippen molar-refractivity contribution < 1.29 is 14.7 Å². The number of allylic oxidation sites excluding steroid dienone is 1. The fourth-order valence-electron chi connectivity index (χ4n) is 2.24. The van der Waals surface area contributed by atoms with E-state index in [4.69, 9.17) is 5.11 Å². The average Bonchev–Trinajstić information content (AvgIpc) is 2.86. The fourth-order valence-corrected chi connectivity index (χ4v) is 2.24. The van der Waals surface area contributed by atoms with Crippen LogP contribution >= 0.6 is 0 Å². The number of carboxylic acid groups (broad SMARTS) is 1. The molecule has 0 aromatic heterocycles. The molecule has 3 N–H and O–H groups in total. The number of unbranched alkanes of at least 4 members (excludes halogenated alkanes) is 2. The van der Waals surface area contributed by atoms with Crippen molar-refractivity contribution in [3.05, 3.63) is 12.3 Å². The van der Waals surface area contributed by atoms with Gasteiger partial charge in [-0.3, -0.25) is 4.79 Å². The van der Waals surface area contributed by atoms with Crippen molar-refractivity contribution in [2.24, 2.45) is 5.92 Å². The Morgan fingerprint density at radius 2 is 1.89 bits per heavy atom. The van der Waals surface area contributed by atoms with E-state index >= 15 is 0 Å². The summed E-state index contributed by atoms with van der Waals surface area (Å²) in [5, 5.41) is 13.9. The Balaban J connectivity index is 1.94. The van der Waals surface area contributed by atoms with Crippen LogP contribution in [0.15, 0.2) is 12.3 Å². The fraction of sp³-hybridized carbons (Fsp3) is 0.714. The SMILES string of the molecule is O=C(O)CCCCCNC(=O)N/C=C/C1CCCC1. The number of hydrogen-bond acceptors (Lipinski definition) is 2. The highest BCUT2D eigenvalue weighted by Crippen LogP contribution is 2.25. The third-order valence-electron chi connectivity index (χ3n) is 3.34. The highest BCUT2D eigenvalue weighted by molar-refractivity contribution is 5.74. The van der Waals surface area contributed by atoms with Gasteiger partial charge in [-0.25, -0.2) is 4.79 Å². The van der Waals surface area contributed by atoms with Crippen molar-refractivity contribution >= 4 is 12.0 Å². The van der Waals surface area contributed by atoms with Crippen LogP contribution in [-0.4, -0.2) is 23.7 Å². The largest absolute Gasteiger partial charge is 0.481 e. The van der Waals surface area contributed by atoms with E-state index in [-0.39, 0.29) is 12.5 Å². The number of hydrogen-bond donors (Lipinski definition) is 3. The van der Waals surface area contributed by atoms with E-state index in [9.17, 15) is 9.59 Å². The first-order valence-electron chi connectivity index (χ1n) is 7.11. The molecule has 0 bridgehead atoms. The predicted molar refractivity (Wildman–Crippen MR) is 73.7 cm³/mol. The lowest BCUT2D eigenvalue weighted by molar-refractivity contribution is -0.137. The number of aliphatic carboxylic acids is 1. The molecule has 0 spiro atoms. The van der Waals surface area contributed by atoms with Gasteiger partial charge in [-0.05, 0) is 31.6 Å². The second-order valence-electron chi connectivity index (χ2n) is 5.01. The van der Waals surface area contributed by atoms with E-state index in [0.29, 0.717) is 18.9 Å². The lowest BCUT2D eigenvalue weighted by Gasteiger charge is -2.05. The van der Waals surface area contributed by atoms with Gasteiger partial charge in [-0.15, -0.1) is 0 Å². The van der Waals surface area contributed by atoms with Gasteiger partial charge in [0.2, 0.25) is 0 Å². The normalized spacial score (nSPS) is 15.8. The van der Waals surface area contributed by atoms with Crippen LogP contribution in [0, 0.1) is 5.92 Å². The minimum absolute atomic E-state index is 0.188. The van der Waals surface area contributed by atoms with E-state index in [1.54, 1.807) is 6.20 Å². The highest BCUT2D eigenvalue weighted by Gasteiger charge is 2.11. The van der Waals surface area contributed by atoms with Crippen molar-refractivity contribution in [1.29, 1.82) is 0 Å². The molecule has 5 nitrogen and oxygen atoms in total. The highest BCUT2D eigenvalue weighted by atomic mass is 16.4. The number of amides is 2. The monoisotopic (exact) mass is 268 g/mol. The summed E-state index contributed by atoms with van der Waals surface area (Å²) in [6, 6.07) is -0.188. The summed E-state index contributed by atoms with van der Waals surface area (Å²) in [5.74, 6) is -0.140. The van der Waals surface area contributed by atoms with Gasteiger partial charge in [0, 0.05) is 19.2 Å². The molecule has 0 unspecified atom stereocenters. The summed E-state index contributed by atoms with van der Waals surface area (Å²) in [7, 11) is 0. The second-order valence-corrected chi connectivity index (χ2v) is 5.01. The molecular weight excluding hydrogens is 244 g/mol. The van der Waals surface area contributed by atoms with Gasteiger partial charge in [-0.2, -0.15) is 0 Å². The molecule has 19 heavy (non-hydrogen) atoms. The summed E-state index contributed by atoms with van der Waals surface area (Å²) < 4.78 is 0. The first-order valence-corrected chi connectivity index (χ1v) is 7.11. The Kier molecular flexibility index (Phi) is 7.70. The summed E-state index contributed by atoms with van der Waals surface area (Å²) in [4.78, 5) is 21.7. The van der Waals surface area contributed by atoms with Gasteiger partial charge in [0.25, 0.3) is 0 Å². The van der Waals surface area contributed by atoms with Gasteiger partial charge in [-0.1, -0.05) is 25.3 Å². The molecule has 1 aliphatic rings. The lowest BCUT2D eigenvalue weighted by atomic mass is 10.1. The Morgan fingerprint density at radius 3 is 2.58 bits per heavy atom. The molecule has 108 valence electrons. The maximum Gasteiger partial charge on any atom is 0.318 e. The van der Waals surface area contributed by atoms with Crippen LogP contribution in [0.2, 0.25) is 0 Å². The van der Waals surface area contributed by atoms with Gasteiger partial charge in [0.15, 0.2) is 0 Å². The zero-order valence-corrected chi connectivity index (χ0v) is 11.4. The molecule has 0 aromatic carbocycles. The molecule has 1 aliphatic carbocycles. The van der Waals surface area contributed by atoms with Crippen LogP contribution < -0.4 is 10.6 Å². The number of carboxylic acids is 1. The number of rotatable bonds is 8. The van der Waals surface area contributed by atoms with Crippen molar-refractivity contribution in [1.82, 2.24) is 10.6 Å². The Hall–Kier alpha value is -1.52. The van der Waals surface area contributed by atoms with Crippen molar-refractivity contribution in [2.75, 3.05) is 6.54 Å². The molecule has 1 saturated carbocycles. The minimum Gasteiger partial charge on any atom is -0.481 e. The number of carbonyl (C=O) groups is 2. The molecule has 2 amide bonds. The molecule has 0 aromatic rings. The molecule has 5 heteroatoms. The third kappa shape index (κ3) is 8.24. The molecule has 0 saturated heterocycles. The van der Waals surface area contributed by atoms with Crippen molar-refractivity contribution in [3.63, 3.8) is 0 Å². The smallest absolute Gasteiger partial charge is 0.318 e. The van der Waals surface area contributed by atoms with E-state index in [2.05, 4.69) is 16.7 Å². The zero-order chi connectivity index (χ0) is 13.9. The first kappa shape index (κ1) is 15.5. The van der Waals surface area contributed by atoms with E-state index in [0.717, 1.165) is 12.8 Å². The van der Waals surface area contributed by atoms with Crippen LogP contribution in [0.3, 0.4) is 0 Å². The minimum atomic E-state index is -0.761. The van der Waals surface area contributed by atoms with Gasteiger partial charge < -0.3 is 15.7 Å². The topological polar surface area (TPSA) is 78.4 Å². The summed E-state index contributed by atoms with van der Waals surface area (Å²) in [6.07, 6.45) is 11.3. The standard InChI is InChI=1S/C14H24N2O3/c17-13(18)8-2-1-5-10-15-14(19)16-11-9-12-6-3-4-7-12/h9,11-12H,1-8,10H2,(H,17,18)(H2,15,16,19)/b11-9+. The maximum atomic E-state index is 11.4. The average molecular weight is 268 g/mol. The molecule has 0 radical (unpaired) electrons. The van der Waals surface area contributed by atoms with Crippen LogP contribution in [0.25, 0.3) is 0 Å². The molecule has 1 fully saturated rings. The zero-order valence-electron chi connectivity index (χ0n) is 11.4. The van der Waals surface area contributed by atoms with Gasteiger partial charge in [0.05, 0.1) is 0 Å². The molecule has 0 heterocycles. The van der Waals surface area contributed by atoms with Gasteiger partial charge in [0.1, 0.15) is 0 Å². The summed E-state index contributed by atoms with van der Waals surface area (Å²) in [5.41, 5.74) is 0. The number of urea groups is 1. The molecule has 0 aliphatic heterocycles. The van der Waals surface area contributed by atoms with Crippen molar-refractivity contribution in [2.45, 2.75) is 51.4 Å². The molecule has 0 atom stereocenters. The lowest BCUT2D eigenvalue weighted by Crippen LogP contribution is -2.32. The third-order valence-corrected chi connectivity index (χ3v) is 3.34. The second kappa shape index (κ2) is 9.42. The van der Waals surface area contributed by atoms with Crippen LogP contribution in [0.4, 0.5) is 4.79 Å². The Bertz CT molecular complexity index is 310.